The van der Waals surface area contributed by atoms with E-state index in [0.29, 0.717) is 0 Å². The van der Waals surface area contributed by atoms with E-state index in [4.69, 9.17) is 0 Å². The summed E-state index contributed by atoms with van der Waals surface area (Å²) in [4.78, 5) is 0. The predicted octanol–water partition coefficient (Wildman–Crippen LogP) is 5.17. The van der Waals surface area contributed by atoms with Crippen LogP contribution in [0, 0.1) is 29.1 Å². The van der Waals surface area contributed by atoms with Crippen LogP contribution in [-0.2, 0) is 0 Å². The maximum absolute atomic E-state index is 1.63. The average Bonchev–Trinajstić information content (AvgIpc) is 2.95. The van der Waals surface area contributed by atoms with E-state index in [2.05, 4.69) is 0 Å². The first-order valence-corrected chi connectivity index (χ1v) is 8.40. The van der Waals surface area contributed by atoms with Crippen molar-refractivity contribution in [3.63, 3.8) is 0 Å². The monoisotopic (exact) mass is 232 g/mol. The van der Waals surface area contributed by atoms with Gasteiger partial charge in [-0.05, 0) is 67.6 Å². The molecule has 0 nitrogen and oxygen atoms in total. The van der Waals surface area contributed by atoms with Crippen LogP contribution in [0.4, 0.5) is 0 Å². The van der Waals surface area contributed by atoms with Gasteiger partial charge in [0.25, 0.3) is 0 Å². The van der Waals surface area contributed by atoms with Gasteiger partial charge in [0.1, 0.15) is 0 Å². The molecular weight excluding hydrogens is 204 g/mol. The Hall–Kier alpha value is 0. The van der Waals surface area contributed by atoms with Crippen molar-refractivity contribution >= 4 is 0 Å². The second-order valence-corrected chi connectivity index (χ2v) is 7.61. The second-order valence-electron chi connectivity index (χ2n) is 7.61. The molecule has 0 heteroatoms. The fraction of sp³-hybridized carbons (Fsp3) is 1.00. The number of hydrogen-bond donors (Lipinski definition) is 0. The van der Waals surface area contributed by atoms with E-state index in [1.54, 1.807) is 77.0 Å². The molecule has 0 radical (unpaired) electrons. The van der Waals surface area contributed by atoms with Gasteiger partial charge < -0.3 is 0 Å². The molecular formula is C17H28. The molecule has 4 saturated carbocycles. The third-order valence-electron chi connectivity index (χ3n) is 7.26. The van der Waals surface area contributed by atoms with Crippen LogP contribution in [0.15, 0.2) is 0 Å². The van der Waals surface area contributed by atoms with Gasteiger partial charge in [-0.2, -0.15) is 0 Å². The third kappa shape index (κ3) is 1.48. The molecule has 4 atom stereocenters. The predicted molar refractivity (Wildman–Crippen MR) is 71.8 cm³/mol. The Kier molecular flexibility index (Phi) is 2.56. The lowest BCUT2D eigenvalue weighted by molar-refractivity contribution is 0.0510. The first kappa shape index (κ1) is 10.9. The highest BCUT2D eigenvalue weighted by atomic mass is 14.6. The van der Waals surface area contributed by atoms with Crippen LogP contribution in [-0.4, -0.2) is 0 Å². The highest BCUT2D eigenvalue weighted by Gasteiger charge is 2.57. The number of rotatable bonds is 0. The van der Waals surface area contributed by atoms with Crippen molar-refractivity contribution in [1.82, 2.24) is 0 Å². The summed E-state index contributed by atoms with van der Waals surface area (Å²) in [6.45, 7) is 0. The maximum Gasteiger partial charge on any atom is -0.0235 e. The quantitative estimate of drug-likeness (QED) is 0.540. The van der Waals surface area contributed by atoms with Crippen LogP contribution in [0.2, 0.25) is 0 Å². The Bertz CT molecular complexity index is 262. The largest absolute Gasteiger partial charge is 0.0530 e. The van der Waals surface area contributed by atoms with E-state index in [0.717, 1.165) is 17.3 Å². The molecule has 0 aliphatic heterocycles. The zero-order valence-corrected chi connectivity index (χ0v) is 11.3. The summed E-state index contributed by atoms with van der Waals surface area (Å²) in [5.41, 5.74) is 0.871. The first-order valence-electron chi connectivity index (χ1n) is 8.40. The molecule has 1 spiro atoms. The summed E-state index contributed by atoms with van der Waals surface area (Å²) >= 11 is 0. The zero-order chi connectivity index (χ0) is 11.3. The summed E-state index contributed by atoms with van der Waals surface area (Å²) in [5, 5.41) is 0. The molecule has 4 aliphatic rings. The Balaban J connectivity index is 1.63. The Morgan fingerprint density at radius 1 is 0.529 bits per heavy atom. The van der Waals surface area contributed by atoms with Crippen molar-refractivity contribution in [2.45, 2.75) is 77.0 Å². The average molecular weight is 232 g/mol. The van der Waals surface area contributed by atoms with Gasteiger partial charge in [0.15, 0.2) is 0 Å². The van der Waals surface area contributed by atoms with Crippen LogP contribution in [0.3, 0.4) is 0 Å². The number of fused-ring (bicyclic) bond motifs is 4. The molecule has 4 unspecified atom stereocenters. The minimum atomic E-state index is 0.871. The summed E-state index contributed by atoms with van der Waals surface area (Å²) in [6, 6.07) is 0. The topological polar surface area (TPSA) is 0 Å². The minimum absolute atomic E-state index is 0.871. The lowest BCUT2D eigenvalue weighted by Gasteiger charge is -2.44. The molecule has 4 fully saturated rings. The Morgan fingerprint density at radius 3 is 1.53 bits per heavy atom. The molecule has 17 heavy (non-hydrogen) atoms. The van der Waals surface area contributed by atoms with Gasteiger partial charge in [-0.1, -0.05) is 38.5 Å². The van der Waals surface area contributed by atoms with E-state index in [1.807, 2.05) is 0 Å². The van der Waals surface area contributed by atoms with Gasteiger partial charge in [0, 0.05) is 0 Å². The summed E-state index contributed by atoms with van der Waals surface area (Å²) in [7, 11) is 0. The van der Waals surface area contributed by atoms with E-state index in [1.165, 1.54) is 11.8 Å². The van der Waals surface area contributed by atoms with Gasteiger partial charge in [0.2, 0.25) is 0 Å². The van der Waals surface area contributed by atoms with E-state index in [9.17, 15) is 0 Å². The smallest absolute Gasteiger partial charge is 0.0235 e. The molecule has 0 amide bonds. The van der Waals surface area contributed by atoms with Crippen molar-refractivity contribution in [1.29, 1.82) is 0 Å². The number of hydrogen-bond acceptors (Lipinski definition) is 0. The minimum Gasteiger partial charge on any atom is -0.0530 e. The van der Waals surface area contributed by atoms with Gasteiger partial charge in [0.05, 0.1) is 0 Å². The van der Waals surface area contributed by atoms with E-state index >= 15 is 0 Å². The van der Waals surface area contributed by atoms with E-state index < -0.39 is 0 Å². The molecule has 4 aliphatic carbocycles. The Labute approximate surface area is 107 Å². The molecule has 0 aromatic heterocycles. The lowest BCUT2D eigenvalue weighted by atomic mass is 9.61. The third-order valence-corrected chi connectivity index (χ3v) is 7.26. The molecule has 0 bridgehead atoms. The summed E-state index contributed by atoms with van der Waals surface area (Å²) in [6.07, 6.45) is 19.1. The molecule has 0 heterocycles. The molecule has 0 N–H and O–H groups in total. The van der Waals surface area contributed by atoms with Gasteiger partial charge in [-0.15, -0.1) is 0 Å². The van der Waals surface area contributed by atoms with Crippen molar-refractivity contribution in [3.8, 4) is 0 Å². The van der Waals surface area contributed by atoms with Crippen LogP contribution in [0.1, 0.15) is 77.0 Å². The van der Waals surface area contributed by atoms with Crippen LogP contribution >= 0.6 is 0 Å². The second kappa shape index (κ2) is 4.00. The lowest BCUT2D eigenvalue weighted by Crippen LogP contribution is -2.36. The van der Waals surface area contributed by atoms with Gasteiger partial charge in [-0.3, -0.25) is 0 Å². The summed E-state index contributed by atoms with van der Waals surface area (Å²) in [5.74, 6) is 4.66. The molecule has 4 rings (SSSR count). The summed E-state index contributed by atoms with van der Waals surface area (Å²) < 4.78 is 0. The fourth-order valence-electron chi connectivity index (χ4n) is 6.67. The molecule has 0 saturated heterocycles. The highest BCUT2D eigenvalue weighted by Crippen LogP contribution is 2.66. The Morgan fingerprint density at radius 2 is 1.00 bits per heavy atom. The van der Waals surface area contributed by atoms with Crippen molar-refractivity contribution < 1.29 is 0 Å². The SMILES string of the molecule is C1CCC2C(C1)CCC21CCC2CCCCC21. The van der Waals surface area contributed by atoms with E-state index in [-0.39, 0.29) is 0 Å². The highest BCUT2D eigenvalue weighted by molar-refractivity contribution is 5.07. The molecule has 0 aromatic carbocycles. The van der Waals surface area contributed by atoms with Crippen molar-refractivity contribution in [3.05, 3.63) is 0 Å². The molecule has 96 valence electrons. The first-order chi connectivity index (χ1) is 8.40. The standard InChI is InChI=1S/C17H28/c1-3-7-15-13(5-1)9-11-17(15)12-10-14-6-2-4-8-16(14)17/h13-16H,1-12H2. The van der Waals surface area contributed by atoms with Gasteiger partial charge in [-0.25, -0.2) is 0 Å². The van der Waals surface area contributed by atoms with Crippen LogP contribution in [0.25, 0.3) is 0 Å². The normalized spacial score (nSPS) is 53.6. The van der Waals surface area contributed by atoms with Crippen molar-refractivity contribution in [2.24, 2.45) is 29.1 Å². The van der Waals surface area contributed by atoms with Crippen LogP contribution in [0.5, 0.6) is 0 Å². The fourth-order valence-corrected chi connectivity index (χ4v) is 6.67. The van der Waals surface area contributed by atoms with Crippen molar-refractivity contribution in [2.75, 3.05) is 0 Å². The zero-order valence-electron chi connectivity index (χ0n) is 11.3. The van der Waals surface area contributed by atoms with Crippen LogP contribution < -0.4 is 0 Å². The maximum atomic E-state index is 1.63. The molecule has 0 aromatic rings. The van der Waals surface area contributed by atoms with Gasteiger partial charge >= 0.3 is 0 Å².